The molecule has 0 spiro atoms. The van der Waals surface area contributed by atoms with Gasteiger partial charge in [-0.05, 0) is 19.5 Å². The van der Waals surface area contributed by atoms with Gasteiger partial charge in [-0.2, -0.15) is 5.10 Å². The van der Waals surface area contributed by atoms with Gasteiger partial charge in [0.05, 0.1) is 11.4 Å². The SMILES string of the molecule is CCNCCc1csc(-c2ccnn2CC)n1. The van der Waals surface area contributed by atoms with Gasteiger partial charge in [-0.3, -0.25) is 4.68 Å². The number of nitrogens with zero attached hydrogens (tertiary/aromatic N) is 3. The summed E-state index contributed by atoms with van der Waals surface area (Å²) < 4.78 is 1.98. The molecule has 0 aliphatic rings. The molecule has 0 aliphatic carbocycles. The Kier molecular flexibility index (Phi) is 4.28. The number of nitrogens with one attached hydrogen (secondary N) is 1. The standard InChI is InChI=1S/C12H18N4S/c1-3-13-7-5-10-9-17-12(15-10)11-6-8-14-16(11)4-2/h6,8-9,13H,3-5,7H2,1-2H3. The Hall–Kier alpha value is -1.20. The highest BCUT2D eigenvalue weighted by Gasteiger charge is 2.08. The summed E-state index contributed by atoms with van der Waals surface area (Å²) >= 11 is 1.70. The van der Waals surface area contributed by atoms with Gasteiger partial charge in [0.2, 0.25) is 0 Å². The van der Waals surface area contributed by atoms with E-state index in [1.807, 2.05) is 16.9 Å². The van der Waals surface area contributed by atoms with E-state index < -0.39 is 0 Å². The van der Waals surface area contributed by atoms with Crippen molar-refractivity contribution in [1.82, 2.24) is 20.1 Å². The molecule has 0 saturated heterocycles. The Morgan fingerprint density at radius 2 is 2.29 bits per heavy atom. The van der Waals surface area contributed by atoms with Gasteiger partial charge in [-0.15, -0.1) is 11.3 Å². The van der Waals surface area contributed by atoms with Crippen LogP contribution in [0, 0.1) is 0 Å². The minimum Gasteiger partial charge on any atom is -0.317 e. The molecule has 0 radical (unpaired) electrons. The van der Waals surface area contributed by atoms with Crippen LogP contribution in [0.15, 0.2) is 17.6 Å². The molecule has 1 N–H and O–H groups in total. The van der Waals surface area contributed by atoms with Crippen LogP contribution in [0.4, 0.5) is 0 Å². The van der Waals surface area contributed by atoms with Crippen molar-refractivity contribution in [3.05, 3.63) is 23.3 Å². The molecule has 0 aliphatic heterocycles. The van der Waals surface area contributed by atoms with Crippen LogP contribution in [0.25, 0.3) is 10.7 Å². The Bertz CT molecular complexity index is 461. The number of aryl methyl sites for hydroxylation is 1. The first-order chi connectivity index (χ1) is 8.35. The van der Waals surface area contributed by atoms with Gasteiger partial charge < -0.3 is 5.32 Å². The second-order valence-electron chi connectivity index (χ2n) is 3.78. The average molecular weight is 250 g/mol. The highest BCUT2D eigenvalue weighted by atomic mass is 32.1. The summed E-state index contributed by atoms with van der Waals surface area (Å²) in [5.74, 6) is 0. The van der Waals surface area contributed by atoms with E-state index >= 15 is 0 Å². The normalized spacial score (nSPS) is 10.9. The van der Waals surface area contributed by atoms with Crippen LogP contribution >= 0.6 is 11.3 Å². The Labute approximate surface area is 106 Å². The van der Waals surface area contributed by atoms with Crippen molar-refractivity contribution in [1.29, 1.82) is 0 Å². The smallest absolute Gasteiger partial charge is 0.141 e. The van der Waals surface area contributed by atoms with E-state index in [9.17, 15) is 0 Å². The first-order valence-electron chi connectivity index (χ1n) is 6.02. The molecule has 2 aromatic heterocycles. The molecule has 0 fully saturated rings. The molecule has 0 amide bonds. The molecule has 4 nitrogen and oxygen atoms in total. The van der Waals surface area contributed by atoms with Crippen LogP contribution in [-0.2, 0) is 13.0 Å². The Balaban J connectivity index is 2.07. The van der Waals surface area contributed by atoms with E-state index in [1.54, 1.807) is 11.3 Å². The van der Waals surface area contributed by atoms with Crippen LogP contribution in [-0.4, -0.2) is 27.9 Å². The monoisotopic (exact) mass is 250 g/mol. The summed E-state index contributed by atoms with van der Waals surface area (Å²) in [6.07, 6.45) is 2.82. The second-order valence-corrected chi connectivity index (χ2v) is 4.64. The van der Waals surface area contributed by atoms with Gasteiger partial charge in [0, 0.05) is 31.1 Å². The first-order valence-corrected chi connectivity index (χ1v) is 6.90. The minimum atomic E-state index is 0.884. The molecule has 2 rings (SSSR count). The summed E-state index contributed by atoms with van der Waals surface area (Å²) in [6, 6.07) is 2.02. The number of hydrogen-bond acceptors (Lipinski definition) is 4. The van der Waals surface area contributed by atoms with Crippen molar-refractivity contribution < 1.29 is 0 Å². The van der Waals surface area contributed by atoms with Gasteiger partial charge in [-0.1, -0.05) is 6.92 Å². The zero-order chi connectivity index (χ0) is 12.1. The van der Waals surface area contributed by atoms with Crippen LogP contribution < -0.4 is 5.32 Å². The number of rotatable bonds is 6. The fourth-order valence-corrected chi connectivity index (χ4v) is 2.58. The van der Waals surface area contributed by atoms with Gasteiger partial charge in [0.1, 0.15) is 5.01 Å². The topological polar surface area (TPSA) is 42.7 Å². The molecule has 0 bridgehead atoms. The number of thiazole rings is 1. The lowest BCUT2D eigenvalue weighted by atomic mass is 10.3. The van der Waals surface area contributed by atoms with Crippen LogP contribution in [0.5, 0.6) is 0 Å². The lowest BCUT2D eigenvalue weighted by molar-refractivity contribution is 0.666. The number of aromatic nitrogens is 3. The van der Waals surface area contributed by atoms with E-state index in [2.05, 4.69) is 34.6 Å². The highest BCUT2D eigenvalue weighted by Crippen LogP contribution is 2.23. The lowest BCUT2D eigenvalue weighted by Gasteiger charge is -2.00. The van der Waals surface area contributed by atoms with Gasteiger partial charge in [-0.25, -0.2) is 4.98 Å². The summed E-state index contributed by atoms with van der Waals surface area (Å²) in [6.45, 7) is 7.10. The Morgan fingerprint density at radius 3 is 3.06 bits per heavy atom. The Morgan fingerprint density at radius 1 is 1.41 bits per heavy atom. The predicted molar refractivity (Wildman–Crippen MR) is 71.3 cm³/mol. The van der Waals surface area contributed by atoms with Gasteiger partial charge >= 0.3 is 0 Å². The summed E-state index contributed by atoms with van der Waals surface area (Å²) in [5.41, 5.74) is 2.28. The predicted octanol–water partition coefficient (Wildman–Crippen LogP) is 2.18. The maximum absolute atomic E-state index is 4.65. The lowest BCUT2D eigenvalue weighted by Crippen LogP contribution is -2.16. The third kappa shape index (κ3) is 2.92. The molecule has 0 aromatic carbocycles. The van der Waals surface area contributed by atoms with Crippen LogP contribution in [0.1, 0.15) is 19.5 Å². The van der Waals surface area contributed by atoms with E-state index in [1.165, 1.54) is 0 Å². The average Bonchev–Trinajstić information content (AvgIpc) is 2.96. The second kappa shape index (κ2) is 5.93. The van der Waals surface area contributed by atoms with Gasteiger partial charge in [0.15, 0.2) is 0 Å². The molecule has 17 heavy (non-hydrogen) atoms. The maximum atomic E-state index is 4.65. The third-order valence-corrected chi connectivity index (χ3v) is 3.51. The highest BCUT2D eigenvalue weighted by molar-refractivity contribution is 7.13. The molecule has 0 unspecified atom stereocenters. The summed E-state index contributed by atoms with van der Waals surface area (Å²) in [4.78, 5) is 4.65. The van der Waals surface area contributed by atoms with E-state index in [4.69, 9.17) is 0 Å². The van der Waals surface area contributed by atoms with Gasteiger partial charge in [0.25, 0.3) is 0 Å². The molecule has 5 heteroatoms. The van der Waals surface area contributed by atoms with Crippen molar-refractivity contribution in [2.24, 2.45) is 0 Å². The molecule has 2 aromatic rings. The van der Waals surface area contributed by atoms with Crippen molar-refractivity contribution in [3.63, 3.8) is 0 Å². The third-order valence-electron chi connectivity index (χ3n) is 2.59. The zero-order valence-corrected chi connectivity index (χ0v) is 11.1. The largest absolute Gasteiger partial charge is 0.317 e. The van der Waals surface area contributed by atoms with Crippen molar-refractivity contribution in [2.75, 3.05) is 13.1 Å². The number of likely N-dealkylation sites (N-methyl/N-ethyl adjacent to an activating group) is 1. The van der Waals surface area contributed by atoms with Crippen LogP contribution in [0.2, 0.25) is 0 Å². The summed E-state index contributed by atoms with van der Waals surface area (Å²) in [7, 11) is 0. The molecular formula is C12H18N4S. The maximum Gasteiger partial charge on any atom is 0.141 e. The van der Waals surface area contributed by atoms with Crippen molar-refractivity contribution >= 4 is 11.3 Å². The summed E-state index contributed by atoms with van der Waals surface area (Å²) in [5, 5.41) is 10.8. The van der Waals surface area contributed by atoms with Crippen molar-refractivity contribution in [2.45, 2.75) is 26.8 Å². The molecule has 92 valence electrons. The molecular weight excluding hydrogens is 232 g/mol. The van der Waals surface area contributed by atoms with Crippen LogP contribution in [0.3, 0.4) is 0 Å². The fraction of sp³-hybridized carbons (Fsp3) is 0.500. The zero-order valence-electron chi connectivity index (χ0n) is 10.3. The molecule has 0 atom stereocenters. The van der Waals surface area contributed by atoms with Crippen molar-refractivity contribution in [3.8, 4) is 10.7 Å². The molecule has 0 saturated carbocycles. The van der Waals surface area contributed by atoms with E-state index in [-0.39, 0.29) is 0 Å². The number of hydrogen-bond donors (Lipinski definition) is 1. The van der Waals surface area contributed by atoms with E-state index in [0.29, 0.717) is 0 Å². The minimum absolute atomic E-state index is 0.884. The first kappa shape index (κ1) is 12.3. The fourth-order valence-electron chi connectivity index (χ4n) is 1.70. The van der Waals surface area contributed by atoms with E-state index in [0.717, 1.165) is 42.5 Å². The molecule has 2 heterocycles. The quantitative estimate of drug-likeness (QED) is 0.799.